The smallest absolute Gasteiger partial charge is 0.0465 e. The van der Waals surface area contributed by atoms with Crippen molar-refractivity contribution in [3.8, 4) is 22.3 Å². The average Bonchev–Trinajstić information content (AvgIpc) is 3.88. The van der Waals surface area contributed by atoms with Crippen LogP contribution in [0, 0.1) is 11.8 Å². The van der Waals surface area contributed by atoms with Gasteiger partial charge in [-0.2, -0.15) is 0 Å². The molecule has 3 atom stereocenters. The Morgan fingerprint density at radius 3 is 2.00 bits per heavy atom. The lowest BCUT2D eigenvalue weighted by Crippen LogP contribution is -2.16. The van der Waals surface area contributed by atoms with Gasteiger partial charge in [0.2, 0.25) is 0 Å². The molecule has 0 aromatic heterocycles. The molecule has 0 N–H and O–H groups in total. The summed E-state index contributed by atoms with van der Waals surface area (Å²) in [4.78, 5) is 2.51. The van der Waals surface area contributed by atoms with Gasteiger partial charge in [-0.3, -0.25) is 0 Å². The Morgan fingerprint density at radius 2 is 1.25 bits per heavy atom. The minimum absolute atomic E-state index is 0.0971. The van der Waals surface area contributed by atoms with E-state index < -0.39 is 0 Å². The van der Waals surface area contributed by atoms with Crippen molar-refractivity contribution in [2.24, 2.45) is 11.8 Å². The zero-order chi connectivity index (χ0) is 34.1. The molecule has 0 saturated heterocycles. The van der Waals surface area contributed by atoms with Crippen molar-refractivity contribution in [1.29, 1.82) is 0 Å². The second-order valence-electron chi connectivity index (χ2n) is 16.8. The summed E-state index contributed by atoms with van der Waals surface area (Å²) in [6, 6.07) is 49.2. The molecule has 0 heterocycles. The van der Waals surface area contributed by atoms with E-state index in [2.05, 4.69) is 146 Å². The molecule has 254 valence electrons. The van der Waals surface area contributed by atoms with Gasteiger partial charge in [-0.25, -0.2) is 0 Å². The van der Waals surface area contributed by atoms with Crippen LogP contribution in [-0.4, -0.2) is 0 Å². The van der Waals surface area contributed by atoms with Crippen LogP contribution >= 0.6 is 0 Å². The van der Waals surface area contributed by atoms with Crippen molar-refractivity contribution in [1.82, 2.24) is 0 Å². The van der Waals surface area contributed by atoms with Crippen LogP contribution < -0.4 is 4.90 Å². The third kappa shape index (κ3) is 5.26. The van der Waals surface area contributed by atoms with E-state index >= 15 is 0 Å². The van der Waals surface area contributed by atoms with E-state index in [9.17, 15) is 0 Å². The molecule has 3 fully saturated rings. The van der Waals surface area contributed by atoms with E-state index in [0.29, 0.717) is 5.92 Å². The van der Waals surface area contributed by atoms with Crippen LogP contribution in [0.1, 0.15) is 106 Å². The number of hydrogen-bond acceptors (Lipinski definition) is 1. The van der Waals surface area contributed by atoms with Crippen molar-refractivity contribution < 1.29 is 0 Å². The number of hydrogen-bond donors (Lipinski definition) is 0. The van der Waals surface area contributed by atoms with E-state index in [4.69, 9.17) is 0 Å². The fraction of sp³-hybridized carbons (Fsp3) is 0.320. The second-order valence-corrected chi connectivity index (χ2v) is 16.8. The molecule has 3 saturated carbocycles. The molecule has 0 spiro atoms. The third-order valence-electron chi connectivity index (χ3n) is 13.6. The first-order valence-electron chi connectivity index (χ1n) is 19.8. The topological polar surface area (TPSA) is 3.24 Å². The van der Waals surface area contributed by atoms with E-state index in [0.717, 1.165) is 17.8 Å². The second kappa shape index (κ2) is 12.3. The molecular formula is C50H49N. The Bertz CT molecular complexity index is 2230. The summed E-state index contributed by atoms with van der Waals surface area (Å²) in [7, 11) is 0. The Balaban J connectivity index is 1.05. The molecule has 0 aliphatic heterocycles. The molecule has 1 nitrogen and oxygen atoms in total. The Morgan fingerprint density at radius 1 is 0.529 bits per heavy atom. The summed E-state index contributed by atoms with van der Waals surface area (Å²) in [5.74, 6) is 3.31. The molecule has 2 bridgehead atoms. The highest BCUT2D eigenvalue weighted by Gasteiger charge is 2.40. The van der Waals surface area contributed by atoms with Gasteiger partial charge in [0.15, 0.2) is 0 Å². The van der Waals surface area contributed by atoms with Gasteiger partial charge in [-0.1, -0.05) is 124 Å². The minimum atomic E-state index is -0.0971. The van der Waals surface area contributed by atoms with Crippen molar-refractivity contribution in [3.05, 3.63) is 150 Å². The SMILES string of the molecule is CC1(C)c2ccc(-c3cccc4ccccc34)cc2-c2ccc(N(c3ccc(C4CCCCC4)cc3)c3ccc(C4CC5CCC4C5)cc3)cc21. The lowest BCUT2D eigenvalue weighted by molar-refractivity contribution is 0.420. The van der Waals surface area contributed by atoms with Crippen LogP contribution in [0.25, 0.3) is 33.0 Å². The molecule has 1 heteroatoms. The fourth-order valence-corrected chi connectivity index (χ4v) is 10.8. The van der Waals surface area contributed by atoms with Crippen LogP contribution in [0.2, 0.25) is 0 Å². The van der Waals surface area contributed by atoms with Gasteiger partial charge < -0.3 is 4.90 Å². The van der Waals surface area contributed by atoms with Crippen LogP contribution in [0.5, 0.6) is 0 Å². The van der Waals surface area contributed by atoms with E-state index in [-0.39, 0.29) is 5.41 Å². The molecule has 0 radical (unpaired) electrons. The maximum absolute atomic E-state index is 2.51. The van der Waals surface area contributed by atoms with Gasteiger partial charge in [0, 0.05) is 22.5 Å². The summed E-state index contributed by atoms with van der Waals surface area (Å²) >= 11 is 0. The summed E-state index contributed by atoms with van der Waals surface area (Å²) in [6.45, 7) is 4.82. The molecule has 4 aliphatic carbocycles. The summed E-state index contributed by atoms with van der Waals surface area (Å²) in [5.41, 5.74) is 14.8. The van der Waals surface area contributed by atoms with Gasteiger partial charge >= 0.3 is 0 Å². The standard InChI is InChI=1S/C50H49N/c1-50(2)48-28-21-39(44-14-8-12-36-11-6-7-13-43(36)44)31-47(48)45-27-26-42(32-49(45)50)51(40-22-17-35(18-23-40)34-9-4-3-5-10-34)41-24-19-37(20-25-41)46-30-33-15-16-38(46)29-33/h6-8,11-14,17-28,31-34,38,46H,3-5,9-10,15-16,29-30H2,1-2H3. The number of anilines is 3. The van der Waals surface area contributed by atoms with Crippen LogP contribution in [-0.2, 0) is 5.41 Å². The first-order valence-corrected chi connectivity index (χ1v) is 19.8. The number of benzene rings is 6. The quantitative estimate of drug-likeness (QED) is 0.171. The molecule has 0 amide bonds. The zero-order valence-electron chi connectivity index (χ0n) is 30.2. The third-order valence-corrected chi connectivity index (χ3v) is 13.6. The van der Waals surface area contributed by atoms with Gasteiger partial charge in [0.1, 0.15) is 0 Å². The summed E-state index contributed by atoms with van der Waals surface area (Å²) < 4.78 is 0. The van der Waals surface area contributed by atoms with Crippen molar-refractivity contribution in [2.75, 3.05) is 4.90 Å². The molecule has 51 heavy (non-hydrogen) atoms. The Labute approximate surface area is 304 Å². The number of rotatable bonds is 6. The predicted octanol–water partition coefficient (Wildman–Crippen LogP) is 14.2. The van der Waals surface area contributed by atoms with Crippen LogP contribution in [0.15, 0.2) is 127 Å². The molecule has 10 rings (SSSR count). The Kier molecular flexibility index (Phi) is 7.49. The van der Waals surface area contributed by atoms with Gasteiger partial charge in [0.25, 0.3) is 0 Å². The summed E-state index contributed by atoms with van der Waals surface area (Å²) in [5, 5.41) is 2.60. The molecule has 4 aliphatic rings. The first-order chi connectivity index (χ1) is 25.0. The van der Waals surface area contributed by atoms with Crippen molar-refractivity contribution in [3.63, 3.8) is 0 Å². The van der Waals surface area contributed by atoms with Crippen LogP contribution in [0.4, 0.5) is 17.1 Å². The van der Waals surface area contributed by atoms with Gasteiger partial charge in [-0.15, -0.1) is 0 Å². The first kappa shape index (κ1) is 31.1. The zero-order valence-corrected chi connectivity index (χ0v) is 30.2. The van der Waals surface area contributed by atoms with Crippen molar-refractivity contribution >= 4 is 27.8 Å². The Hall–Kier alpha value is -4.62. The molecule has 6 aromatic rings. The molecular weight excluding hydrogens is 615 g/mol. The molecule has 3 unspecified atom stereocenters. The highest BCUT2D eigenvalue weighted by atomic mass is 15.1. The van der Waals surface area contributed by atoms with Gasteiger partial charge in [-0.05, 0) is 154 Å². The highest BCUT2D eigenvalue weighted by molar-refractivity contribution is 5.98. The predicted molar refractivity (Wildman–Crippen MR) is 216 cm³/mol. The van der Waals surface area contributed by atoms with E-state index in [1.165, 1.54) is 125 Å². The van der Waals surface area contributed by atoms with Crippen LogP contribution in [0.3, 0.4) is 0 Å². The maximum atomic E-state index is 2.51. The van der Waals surface area contributed by atoms with Gasteiger partial charge in [0.05, 0.1) is 0 Å². The van der Waals surface area contributed by atoms with Crippen molar-refractivity contribution in [2.45, 2.75) is 88.9 Å². The highest BCUT2D eigenvalue weighted by Crippen LogP contribution is 2.54. The largest absolute Gasteiger partial charge is 0.310 e. The number of nitrogens with zero attached hydrogens (tertiary/aromatic N) is 1. The average molecular weight is 664 g/mol. The maximum Gasteiger partial charge on any atom is 0.0465 e. The minimum Gasteiger partial charge on any atom is -0.310 e. The molecule has 6 aromatic carbocycles. The normalized spacial score (nSPS) is 21.9. The number of fused-ring (bicyclic) bond motifs is 6. The van der Waals surface area contributed by atoms with E-state index in [1.54, 1.807) is 5.56 Å². The lowest BCUT2D eigenvalue weighted by atomic mass is 9.82. The fourth-order valence-electron chi connectivity index (χ4n) is 10.8. The monoisotopic (exact) mass is 663 g/mol. The van der Waals surface area contributed by atoms with E-state index in [1.807, 2.05) is 0 Å². The lowest BCUT2D eigenvalue weighted by Gasteiger charge is -2.29. The summed E-state index contributed by atoms with van der Waals surface area (Å²) in [6.07, 6.45) is 12.5.